The third-order valence-corrected chi connectivity index (χ3v) is 3.47. The molecule has 2 heterocycles. The van der Waals surface area contributed by atoms with Crippen molar-refractivity contribution in [1.82, 2.24) is 15.3 Å². The molecule has 1 aliphatic rings. The van der Waals surface area contributed by atoms with Crippen LogP contribution in [0.1, 0.15) is 32.6 Å². The fraction of sp³-hybridized carbons (Fsp3) is 0.692. The van der Waals surface area contributed by atoms with Gasteiger partial charge in [0.05, 0.1) is 17.4 Å². The highest BCUT2D eigenvalue weighted by Crippen LogP contribution is 2.14. The maximum absolute atomic E-state index is 5.84. The minimum atomic E-state index is 0.570. The van der Waals surface area contributed by atoms with Gasteiger partial charge in [0.1, 0.15) is 0 Å². The summed E-state index contributed by atoms with van der Waals surface area (Å²) in [5.41, 5.74) is 0. The van der Waals surface area contributed by atoms with Gasteiger partial charge in [-0.1, -0.05) is 24.9 Å². The van der Waals surface area contributed by atoms with E-state index in [-0.39, 0.29) is 0 Å². The number of aromatic nitrogens is 2. The molecular weight excluding hydrogens is 248 g/mol. The van der Waals surface area contributed by atoms with Crippen molar-refractivity contribution in [3.8, 4) is 0 Å². The lowest BCUT2D eigenvalue weighted by Crippen LogP contribution is -2.39. The SMILES string of the molecule is CCCCN(CC1CCCN1)c1ncc(Cl)cn1. The summed E-state index contributed by atoms with van der Waals surface area (Å²) in [6, 6.07) is 0.570. The van der Waals surface area contributed by atoms with Gasteiger partial charge in [-0.05, 0) is 25.8 Å². The maximum Gasteiger partial charge on any atom is 0.225 e. The highest BCUT2D eigenvalue weighted by atomic mass is 35.5. The molecule has 0 saturated carbocycles. The lowest BCUT2D eigenvalue weighted by molar-refractivity contribution is 0.565. The Balaban J connectivity index is 2.00. The van der Waals surface area contributed by atoms with Crippen molar-refractivity contribution >= 4 is 17.5 Å². The predicted octanol–water partition coefficient (Wildman–Crippen LogP) is 2.49. The van der Waals surface area contributed by atoms with Crippen LogP contribution in [0.15, 0.2) is 12.4 Å². The first kappa shape index (κ1) is 13.6. The zero-order valence-corrected chi connectivity index (χ0v) is 11.7. The lowest BCUT2D eigenvalue weighted by Gasteiger charge is -2.25. The van der Waals surface area contributed by atoms with Crippen LogP contribution in [0.2, 0.25) is 5.02 Å². The van der Waals surface area contributed by atoms with Gasteiger partial charge in [-0.3, -0.25) is 0 Å². The van der Waals surface area contributed by atoms with E-state index >= 15 is 0 Å². The monoisotopic (exact) mass is 268 g/mol. The molecule has 1 aromatic rings. The van der Waals surface area contributed by atoms with Gasteiger partial charge in [0, 0.05) is 19.1 Å². The summed E-state index contributed by atoms with van der Waals surface area (Å²) in [5, 5.41) is 4.11. The summed E-state index contributed by atoms with van der Waals surface area (Å²) < 4.78 is 0. The lowest BCUT2D eigenvalue weighted by atomic mass is 10.2. The van der Waals surface area contributed by atoms with Gasteiger partial charge in [0.25, 0.3) is 0 Å². The van der Waals surface area contributed by atoms with Crippen LogP contribution in [-0.2, 0) is 0 Å². The van der Waals surface area contributed by atoms with Crippen LogP contribution >= 0.6 is 11.6 Å². The van der Waals surface area contributed by atoms with Crippen molar-refractivity contribution in [2.24, 2.45) is 0 Å². The molecular formula is C13H21ClN4. The number of anilines is 1. The summed E-state index contributed by atoms with van der Waals surface area (Å²) in [4.78, 5) is 10.9. The van der Waals surface area contributed by atoms with Crippen LogP contribution in [0.4, 0.5) is 5.95 Å². The molecule has 5 heteroatoms. The van der Waals surface area contributed by atoms with Gasteiger partial charge in [0.15, 0.2) is 0 Å². The standard InChI is InChI=1S/C13H21ClN4/c1-2-3-7-18(10-12-5-4-6-15-12)13-16-8-11(14)9-17-13/h8-9,12,15H,2-7,10H2,1H3. The van der Waals surface area contributed by atoms with Crippen LogP contribution in [0.25, 0.3) is 0 Å². The van der Waals surface area contributed by atoms with Gasteiger partial charge in [-0.25, -0.2) is 9.97 Å². The number of nitrogens with zero attached hydrogens (tertiary/aromatic N) is 3. The van der Waals surface area contributed by atoms with Crippen LogP contribution < -0.4 is 10.2 Å². The minimum absolute atomic E-state index is 0.570. The Morgan fingerprint density at radius 2 is 2.22 bits per heavy atom. The molecule has 2 rings (SSSR count). The first-order valence-electron chi connectivity index (χ1n) is 6.75. The molecule has 1 saturated heterocycles. The van der Waals surface area contributed by atoms with Crippen molar-refractivity contribution < 1.29 is 0 Å². The molecule has 1 aromatic heterocycles. The van der Waals surface area contributed by atoms with Gasteiger partial charge in [0.2, 0.25) is 5.95 Å². The van der Waals surface area contributed by atoms with Crippen LogP contribution in [0, 0.1) is 0 Å². The number of halogens is 1. The van der Waals surface area contributed by atoms with E-state index in [2.05, 4.69) is 27.1 Å². The second kappa shape index (κ2) is 6.90. The van der Waals surface area contributed by atoms with E-state index < -0.39 is 0 Å². The Labute approximate surface area is 114 Å². The largest absolute Gasteiger partial charge is 0.339 e. The van der Waals surface area contributed by atoms with Gasteiger partial charge in [-0.2, -0.15) is 0 Å². The van der Waals surface area contributed by atoms with E-state index in [9.17, 15) is 0 Å². The molecule has 1 atom stereocenters. The maximum atomic E-state index is 5.84. The topological polar surface area (TPSA) is 41.0 Å². The summed E-state index contributed by atoms with van der Waals surface area (Å²) in [7, 11) is 0. The molecule has 0 amide bonds. The average Bonchev–Trinajstić information content (AvgIpc) is 2.88. The normalized spacial score (nSPS) is 19.1. The number of rotatable bonds is 6. The van der Waals surface area contributed by atoms with Crippen molar-refractivity contribution in [2.75, 3.05) is 24.5 Å². The van der Waals surface area contributed by atoms with Gasteiger partial charge < -0.3 is 10.2 Å². The van der Waals surface area contributed by atoms with Crippen molar-refractivity contribution in [3.63, 3.8) is 0 Å². The summed E-state index contributed by atoms with van der Waals surface area (Å²) in [5.74, 6) is 0.793. The first-order chi connectivity index (χ1) is 8.79. The molecule has 1 aliphatic heterocycles. The van der Waals surface area contributed by atoms with Crippen LogP contribution in [-0.4, -0.2) is 35.6 Å². The van der Waals surface area contributed by atoms with Crippen LogP contribution in [0.3, 0.4) is 0 Å². The van der Waals surface area contributed by atoms with E-state index in [1.54, 1.807) is 12.4 Å². The molecule has 0 aliphatic carbocycles. The summed E-state index contributed by atoms with van der Waals surface area (Å²) in [6.07, 6.45) is 8.21. The zero-order valence-electron chi connectivity index (χ0n) is 10.9. The van der Waals surface area contributed by atoms with E-state index in [0.29, 0.717) is 11.1 Å². The molecule has 0 spiro atoms. The fourth-order valence-electron chi connectivity index (χ4n) is 2.27. The Bertz CT molecular complexity index is 349. The summed E-state index contributed by atoms with van der Waals surface area (Å²) in [6.45, 7) is 5.33. The van der Waals surface area contributed by atoms with E-state index in [1.807, 2.05) is 0 Å². The molecule has 0 bridgehead atoms. The van der Waals surface area contributed by atoms with Crippen molar-refractivity contribution in [2.45, 2.75) is 38.6 Å². The van der Waals surface area contributed by atoms with Gasteiger partial charge >= 0.3 is 0 Å². The average molecular weight is 269 g/mol. The van der Waals surface area contributed by atoms with E-state index in [1.165, 1.54) is 25.7 Å². The van der Waals surface area contributed by atoms with Crippen molar-refractivity contribution in [3.05, 3.63) is 17.4 Å². The Kier molecular flexibility index (Phi) is 5.20. The number of nitrogens with one attached hydrogen (secondary N) is 1. The molecule has 1 N–H and O–H groups in total. The second-order valence-electron chi connectivity index (χ2n) is 4.79. The smallest absolute Gasteiger partial charge is 0.225 e. The van der Waals surface area contributed by atoms with Crippen molar-refractivity contribution in [1.29, 1.82) is 0 Å². The Morgan fingerprint density at radius 3 is 2.83 bits per heavy atom. The van der Waals surface area contributed by atoms with E-state index in [0.717, 1.165) is 25.6 Å². The molecule has 0 radical (unpaired) electrons. The third kappa shape index (κ3) is 3.82. The fourth-order valence-corrected chi connectivity index (χ4v) is 2.37. The van der Waals surface area contributed by atoms with Crippen LogP contribution in [0.5, 0.6) is 0 Å². The molecule has 1 unspecified atom stereocenters. The summed E-state index contributed by atoms with van der Waals surface area (Å²) >= 11 is 5.84. The third-order valence-electron chi connectivity index (χ3n) is 3.27. The van der Waals surface area contributed by atoms with E-state index in [4.69, 9.17) is 11.6 Å². The second-order valence-corrected chi connectivity index (χ2v) is 5.23. The Hall–Kier alpha value is -0.870. The molecule has 1 fully saturated rings. The molecule has 0 aromatic carbocycles. The number of unbranched alkanes of at least 4 members (excludes halogenated alkanes) is 1. The number of hydrogen-bond acceptors (Lipinski definition) is 4. The highest BCUT2D eigenvalue weighted by Gasteiger charge is 2.19. The molecule has 4 nitrogen and oxygen atoms in total. The minimum Gasteiger partial charge on any atom is -0.339 e. The zero-order chi connectivity index (χ0) is 12.8. The van der Waals surface area contributed by atoms with Gasteiger partial charge in [-0.15, -0.1) is 0 Å². The first-order valence-corrected chi connectivity index (χ1v) is 7.13. The Morgan fingerprint density at radius 1 is 1.44 bits per heavy atom. The molecule has 100 valence electrons. The quantitative estimate of drug-likeness (QED) is 0.861. The predicted molar refractivity (Wildman–Crippen MR) is 75.2 cm³/mol. The molecule has 18 heavy (non-hydrogen) atoms. The highest BCUT2D eigenvalue weighted by molar-refractivity contribution is 6.30. The number of hydrogen-bond donors (Lipinski definition) is 1.